The molecule has 0 heterocycles. The number of benzene rings is 2. The molecule has 0 atom stereocenters. The molecule has 164 valence electrons. The van der Waals surface area contributed by atoms with E-state index in [-0.39, 0.29) is 6.61 Å². The third-order valence-corrected chi connectivity index (χ3v) is 4.19. The van der Waals surface area contributed by atoms with Gasteiger partial charge in [0.15, 0.2) is 40.7 Å². The van der Waals surface area contributed by atoms with Crippen molar-refractivity contribution in [3.63, 3.8) is 0 Å². The molecule has 0 aliphatic heterocycles. The molecule has 0 radical (unpaired) electrons. The van der Waals surface area contributed by atoms with Crippen molar-refractivity contribution >= 4 is 0 Å². The highest BCUT2D eigenvalue weighted by Gasteiger charge is 2.27. The van der Waals surface area contributed by atoms with Crippen molar-refractivity contribution in [3.8, 4) is 29.9 Å². The highest BCUT2D eigenvalue weighted by Crippen LogP contribution is 2.30. The topological polar surface area (TPSA) is 9.23 Å². The molecule has 0 aromatic heterocycles. The van der Waals surface area contributed by atoms with Gasteiger partial charge < -0.3 is 4.74 Å². The summed E-state index contributed by atoms with van der Waals surface area (Å²) in [6.07, 6.45) is 7.49. The van der Waals surface area contributed by atoms with E-state index < -0.39 is 69.0 Å². The summed E-state index contributed by atoms with van der Waals surface area (Å²) in [5.41, 5.74) is -4.46. The largest absolute Gasteiger partial charge is 0.487 e. The first-order chi connectivity index (χ1) is 14.7. The highest BCUT2D eigenvalue weighted by molar-refractivity contribution is 5.50. The molecule has 0 aliphatic rings. The summed E-state index contributed by atoms with van der Waals surface area (Å²) in [7, 11) is 0. The molecule has 2 rings (SSSR count). The van der Waals surface area contributed by atoms with Gasteiger partial charge in [0.2, 0.25) is 11.6 Å². The van der Waals surface area contributed by atoms with Crippen molar-refractivity contribution in [3.05, 3.63) is 63.2 Å². The molecule has 0 N–H and O–H groups in total. The number of halogens is 8. The molecule has 0 saturated carbocycles. The van der Waals surface area contributed by atoms with E-state index in [1.807, 2.05) is 6.92 Å². The van der Waals surface area contributed by atoms with Crippen LogP contribution >= 0.6 is 0 Å². The second-order valence-electron chi connectivity index (χ2n) is 6.27. The molecule has 0 amide bonds. The first kappa shape index (κ1) is 24.1. The second kappa shape index (κ2) is 10.2. The van der Waals surface area contributed by atoms with Crippen LogP contribution in [0.5, 0.6) is 5.75 Å². The number of ether oxygens (including phenoxy) is 1. The van der Waals surface area contributed by atoms with Crippen LogP contribution in [-0.2, 0) is 0 Å². The SMILES string of the molecule is C#Cc1c(F)c(F)c(C#Cc2c(F)c(F)c(OCCCCCC)c(F)c2F)c(F)c1F. The fourth-order valence-electron chi connectivity index (χ4n) is 2.54. The molecule has 2 aromatic carbocycles. The maximum atomic E-state index is 14.2. The number of hydrogen-bond acceptors (Lipinski definition) is 1. The lowest BCUT2D eigenvalue weighted by Gasteiger charge is -2.11. The Labute approximate surface area is 173 Å². The molecule has 2 aromatic rings. The monoisotopic (exact) mass is 446 g/mol. The van der Waals surface area contributed by atoms with E-state index in [4.69, 9.17) is 11.2 Å². The van der Waals surface area contributed by atoms with E-state index in [9.17, 15) is 35.1 Å². The molecule has 0 fully saturated rings. The van der Waals surface area contributed by atoms with Crippen molar-refractivity contribution in [1.82, 2.24) is 0 Å². The molecule has 1 nitrogen and oxygen atoms in total. The zero-order valence-electron chi connectivity index (χ0n) is 16.0. The third kappa shape index (κ3) is 4.77. The lowest BCUT2D eigenvalue weighted by molar-refractivity contribution is 0.263. The zero-order valence-corrected chi connectivity index (χ0v) is 16.0. The predicted molar refractivity (Wildman–Crippen MR) is 96.1 cm³/mol. The Hall–Kier alpha value is -3.20. The maximum absolute atomic E-state index is 14.2. The summed E-state index contributed by atoms with van der Waals surface area (Å²) < 4.78 is 117. The van der Waals surface area contributed by atoms with E-state index in [0.717, 1.165) is 12.8 Å². The smallest absolute Gasteiger partial charge is 0.205 e. The minimum Gasteiger partial charge on any atom is -0.487 e. The normalized spacial score (nSPS) is 10.5. The van der Waals surface area contributed by atoms with Crippen LogP contribution in [0.25, 0.3) is 0 Å². The first-order valence-corrected chi connectivity index (χ1v) is 9.00. The summed E-state index contributed by atoms with van der Waals surface area (Å²) >= 11 is 0. The number of unbranched alkanes of at least 4 members (excludes halogenated alkanes) is 3. The summed E-state index contributed by atoms with van der Waals surface area (Å²) in [5.74, 6) is -12.8. The Balaban J connectivity index is 2.48. The Morgan fingerprint density at radius 1 is 0.613 bits per heavy atom. The van der Waals surface area contributed by atoms with Crippen LogP contribution in [0.2, 0.25) is 0 Å². The Morgan fingerprint density at radius 3 is 1.45 bits per heavy atom. The van der Waals surface area contributed by atoms with Gasteiger partial charge in [-0.25, -0.2) is 26.3 Å². The van der Waals surface area contributed by atoms with Gasteiger partial charge >= 0.3 is 0 Å². The number of rotatable bonds is 6. The lowest BCUT2D eigenvalue weighted by Crippen LogP contribution is -2.08. The maximum Gasteiger partial charge on any atom is 0.205 e. The van der Waals surface area contributed by atoms with Gasteiger partial charge in [0, 0.05) is 0 Å². The van der Waals surface area contributed by atoms with Gasteiger partial charge in [-0.15, -0.1) is 6.42 Å². The van der Waals surface area contributed by atoms with Crippen LogP contribution < -0.4 is 4.74 Å². The summed E-state index contributed by atoms with van der Waals surface area (Å²) in [5, 5.41) is 0. The average molecular weight is 446 g/mol. The van der Waals surface area contributed by atoms with Crippen LogP contribution in [0.1, 0.15) is 49.3 Å². The van der Waals surface area contributed by atoms with Gasteiger partial charge in [-0.2, -0.15) is 8.78 Å². The summed E-state index contributed by atoms with van der Waals surface area (Å²) in [6, 6.07) is 0. The molecule has 0 unspecified atom stereocenters. The summed E-state index contributed by atoms with van der Waals surface area (Å²) in [6.45, 7) is 1.71. The van der Waals surface area contributed by atoms with Crippen molar-refractivity contribution in [2.75, 3.05) is 6.61 Å². The van der Waals surface area contributed by atoms with E-state index in [1.54, 1.807) is 0 Å². The van der Waals surface area contributed by atoms with Crippen molar-refractivity contribution in [2.45, 2.75) is 32.6 Å². The molecule has 9 heteroatoms. The van der Waals surface area contributed by atoms with Crippen LogP contribution in [0, 0.1) is 70.7 Å². The van der Waals surface area contributed by atoms with Crippen LogP contribution in [0.15, 0.2) is 0 Å². The van der Waals surface area contributed by atoms with Gasteiger partial charge in [-0.1, -0.05) is 43.9 Å². The van der Waals surface area contributed by atoms with Crippen molar-refractivity contribution < 1.29 is 39.9 Å². The minimum atomic E-state index is -2.03. The number of hydrogen-bond donors (Lipinski definition) is 0. The van der Waals surface area contributed by atoms with E-state index in [1.165, 1.54) is 17.8 Å². The van der Waals surface area contributed by atoms with Crippen LogP contribution in [0.3, 0.4) is 0 Å². The number of terminal acetylenes is 1. The van der Waals surface area contributed by atoms with Crippen LogP contribution in [-0.4, -0.2) is 6.61 Å². The molecule has 0 bridgehead atoms. The average Bonchev–Trinajstić information content (AvgIpc) is 2.75. The molecular formula is C22H14F8O. The Bertz CT molecular complexity index is 1050. The van der Waals surface area contributed by atoms with Crippen LogP contribution in [0.4, 0.5) is 35.1 Å². The van der Waals surface area contributed by atoms with E-state index >= 15 is 0 Å². The molecule has 0 aliphatic carbocycles. The first-order valence-electron chi connectivity index (χ1n) is 9.00. The van der Waals surface area contributed by atoms with Gasteiger partial charge in [0.05, 0.1) is 6.61 Å². The van der Waals surface area contributed by atoms with E-state index in [2.05, 4.69) is 0 Å². The molecule has 0 saturated heterocycles. The van der Waals surface area contributed by atoms with Gasteiger partial charge in [-0.3, -0.25) is 0 Å². The molecular weight excluding hydrogens is 432 g/mol. The minimum absolute atomic E-state index is 0.214. The second-order valence-corrected chi connectivity index (χ2v) is 6.27. The lowest BCUT2D eigenvalue weighted by atomic mass is 10.1. The fourth-order valence-corrected chi connectivity index (χ4v) is 2.54. The third-order valence-electron chi connectivity index (χ3n) is 4.19. The molecule has 31 heavy (non-hydrogen) atoms. The quantitative estimate of drug-likeness (QED) is 0.224. The van der Waals surface area contributed by atoms with Crippen molar-refractivity contribution in [2.24, 2.45) is 0 Å². The Kier molecular flexibility index (Phi) is 7.93. The molecule has 0 spiro atoms. The zero-order chi connectivity index (χ0) is 23.3. The van der Waals surface area contributed by atoms with E-state index in [0.29, 0.717) is 12.8 Å². The highest BCUT2D eigenvalue weighted by atomic mass is 19.2. The predicted octanol–water partition coefficient (Wildman–Crippen LogP) is 6.14. The standard InChI is InChI=1S/C22H14F8O/c1-3-5-6-7-10-31-22-20(29)18(27)13(19(28)21(22)30)9-8-12-16(25)14(23)11(4-2)15(24)17(12)26/h2H,3,5-7,10H2,1H3. The van der Waals surface area contributed by atoms with Crippen molar-refractivity contribution in [1.29, 1.82) is 0 Å². The fraction of sp³-hybridized carbons (Fsp3) is 0.273. The van der Waals surface area contributed by atoms with Gasteiger partial charge in [0.25, 0.3) is 0 Å². The summed E-state index contributed by atoms with van der Waals surface area (Å²) in [4.78, 5) is 0. The van der Waals surface area contributed by atoms with Gasteiger partial charge in [-0.05, 0) is 6.42 Å². The Morgan fingerprint density at radius 2 is 1.03 bits per heavy atom. The van der Waals surface area contributed by atoms with Gasteiger partial charge in [0.1, 0.15) is 16.7 Å².